The molecule has 88 valence electrons. The minimum atomic E-state index is -0.965. The number of halogens is 1. The summed E-state index contributed by atoms with van der Waals surface area (Å²) in [6.45, 7) is 0. The lowest BCUT2D eigenvalue weighted by molar-refractivity contribution is 0.0692. The predicted molar refractivity (Wildman–Crippen MR) is 61.5 cm³/mol. The Morgan fingerprint density at radius 2 is 2.29 bits per heavy atom. The monoisotopic (exact) mass is 251 g/mol. The van der Waals surface area contributed by atoms with Crippen molar-refractivity contribution in [3.05, 3.63) is 28.7 Å². The number of fused-ring (bicyclic) bond motifs is 1. The van der Waals surface area contributed by atoms with Crippen molar-refractivity contribution in [2.75, 3.05) is 0 Å². The quantitative estimate of drug-likeness (QED) is 0.890. The summed E-state index contributed by atoms with van der Waals surface area (Å²) in [5.41, 5.74) is 1.55. The maximum atomic E-state index is 11.2. The van der Waals surface area contributed by atoms with Gasteiger partial charge in [-0.05, 0) is 12.8 Å². The second kappa shape index (κ2) is 3.70. The summed E-state index contributed by atoms with van der Waals surface area (Å²) >= 11 is 5.83. The molecule has 0 amide bonds. The summed E-state index contributed by atoms with van der Waals surface area (Å²) in [4.78, 5) is 15.3. The van der Waals surface area contributed by atoms with E-state index >= 15 is 0 Å². The van der Waals surface area contributed by atoms with E-state index in [1.54, 1.807) is 10.6 Å². The van der Waals surface area contributed by atoms with Crippen LogP contribution in [0.3, 0.4) is 0 Å². The van der Waals surface area contributed by atoms with Gasteiger partial charge in [-0.3, -0.25) is 0 Å². The zero-order chi connectivity index (χ0) is 12.0. The van der Waals surface area contributed by atoms with Gasteiger partial charge in [0.25, 0.3) is 0 Å². The van der Waals surface area contributed by atoms with E-state index in [9.17, 15) is 9.90 Å². The highest BCUT2D eigenvalue weighted by Crippen LogP contribution is 2.38. The average Bonchev–Trinajstić information content (AvgIpc) is 2.55. The van der Waals surface area contributed by atoms with E-state index in [2.05, 4.69) is 10.1 Å². The van der Waals surface area contributed by atoms with Crippen LogP contribution in [0.4, 0.5) is 0 Å². The normalized spacial score (nSPS) is 16.1. The Balaban J connectivity index is 2.29. The zero-order valence-corrected chi connectivity index (χ0v) is 9.68. The SMILES string of the molecule is O=C(O)c1cnc2cc(Cl)nn2c1C1CCC1. The molecule has 0 aromatic carbocycles. The van der Waals surface area contributed by atoms with Crippen molar-refractivity contribution in [3.63, 3.8) is 0 Å². The summed E-state index contributed by atoms with van der Waals surface area (Å²) in [7, 11) is 0. The van der Waals surface area contributed by atoms with Crippen LogP contribution in [0.5, 0.6) is 0 Å². The number of carbonyl (C=O) groups is 1. The van der Waals surface area contributed by atoms with Crippen molar-refractivity contribution >= 4 is 23.2 Å². The van der Waals surface area contributed by atoms with Crippen LogP contribution < -0.4 is 0 Å². The summed E-state index contributed by atoms with van der Waals surface area (Å²) < 4.78 is 1.57. The van der Waals surface area contributed by atoms with Crippen LogP contribution in [0, 0.1) is 0 Å². The standard InChI is InChI=1S/C11H10ClN3O2/c12-8-4-9-13-5-7(11(16)17)10(15(9)14-8)6-2-1-3-6/h4-6H,1-3H2,(H,16,17). The van der Waals surface area contributed by atoms with E-state index in [1.807, 2.05) is 0 Å². The molecule has 17 heavy (non-hydrogen) atoms. The van der Waals surface area contributed by atoms with Crippen molar-refractivity contribution in [1.29, 1.82) is 0 Å². The van der Waals surface area contributed by atoms with E-state index in [1.165, 1.54) is 6.20 Å². The Hall–Kier alpha value is -1.62. The van der Waals surface area contributed by atoms with Crippen LogP contribution in [0.25, 0.3) is 5.65 Å². The van der Waals surface area contributed by atoms with Gasteiger partial charge < -0.3 is 5.11 Å². The molecular formula is C11H10ClN3O2. The summed E-state index contributed by atoms with van der Waals surface area (Å²) in [5.74, 6) is -0.713. The molecule has 0 unspecified atom stereocenters. The Bertz CT molecular complexity index is 604. The Kier molecular flexibility index (Phi) is 2.29. The molecule has 0 bridgehead atoms. The number of hydrogen-bond acceptors (Lipinski definition) is 3. The van der Waals surface area contributed by atoms with Gasteiger partial charge in [0.2, 0.25) is 0 Å². The van der Waals surface area contributed by atoms with E-state index < -0.39 is 5.97 Å². The molecule has 3 rings (SSSR count). The maximum Gasteiger partial charge on any atom is 0.339 e. The third kappa shape index (κ3) is 1.58. The van der Waals surface area contributed by atoms with Gasteiger partial charge in [-0.15, -0.1) is 0 Å². The van der Waals surface area contributed by atoms with Gasteiger partial charge >= 0.3 is 5.97 Å². The zero-order valence-electron chi connectivity index (χ0n) is 8.93. The first-order valence-corrected chi connectivity index (χ1v) is 5.82. The Labute approximate surface area is 102 Å². The maximum absolute atomic E-state index is 11.2. The van der Waals surface area contributed by atoms with Crippen LogP contribution in [0.1, 0.15) is 41.2 Å². The fraction of sp³-hybridized carbons (Fsp3) is 0.364. The lowest BCUT2D eigenvalue weighted by atomic mass is 9.81. The minimum absolute atomic E-state index is 0.224. The molecule has 0 saturated heterocycles. The van der Waals surface area contributed by atoms with E-state index in [0.717, 1.165) is 25.0 Å². The third-order valence-electron chi connectivity index (χ3n) is 3.21. The summed E-state index contributed by atoms with van der Waals surface area (Å²) in [6, 6.07) is 1.63. The number of hydrogen-bond donors (Lipinski definition) is 1. The van der Waals surface area contributed by atoms with Gasteiger partial charge in [0, 0.05) is 18.2 Å². The lowest BCUT2D eigenvalue weighted by Crippen LogP contribution is -2.19. The molecule has 2 aromatic rings. The second-order valence-corrected chi connectivity index (χ2v) is 4.61. The average molecular weight is 252 g/mol. The van der Waals surface area contributed by atoms with Gasteiger partial charge in [0.15, 0.2) is 10.8 Å². The number of carboxylic acid groups (broad SMARTS) is 1. The molecule has 0 atom stereocenters. The molecule has 2 heterocycles. The third-order valence-corrected chi connectivity index (χ3v) is 3.40. The smallest absolute Gasteiger partial charge is 0.339 e. The van der Waals surface area contributed by atoms with Gasteiger partial charge in [-0.2, -0.15) is 5.10 Å². The van der Waals surface area contributed by atoms with Crippen molar-refractivity contribution in [1.82, 2.24) is 14.6 Å². The second-order valence-electron chi connectivity index (χ2n) is 4.23. The lowest BCUT2D eigenvalue weighted by Gasteiger charge is -2.27. The molecule has 1 saturated carbocycles. The van der Waals surface area contributed by atoms with Crippen molar-refractivity contribution < 1.29 is 9.90 Å². The first-order valence-electron chi connectivity index (χ1n) is 5.44. The first-order chi connectivity index (χ1) is 8.16. The van der Waals surface area contributed by atoms with Gasteiger partial charge in [-0.25, -0.2) is 14.3 Å². The number of aromatic carboxylic acids is 1. The van der Waals surface area contributed by atoms with Crippen LogP contribution in [0.15, 0.2) is 12.3 Å². The Morgan fingerprint density at radius 3 is 2.88 bits per heavy atom. The van der Waals surface area contributed by atoms with Gasteiger partial charge in [0.1, 0.15) is 0 Å². The highest BCUT2D eigenvalue weighted by atomic mass is 35.5. The van der Waals surface area contributed by atoms with E-state index in [-0.39, 0.29) is 11.5 Å². The molecular weight excluding hydrogens is 242 g/mol. The molecule has 0 aliphatic heterocycles. The highest BCUT2D eigenvalue weighted by molar-refractivity contribution is 6.29. The molecule has 1 N–H and O–H groups in total. The number of nitrogens with zero attached hydrogens (tertiary/aromatic N) is 3. The molecule has 1 aliphatic rings. The minimum Gasteiger partial charge on any atom is -0.478 e. The number of aromatic nitrogens is 3. The predicted octanol–water partition coefficient (Wildman–Crippen LogP) is 2.35. The van der Waals surface area contributed by atoms with E-state index in [4.69, 9.17) is 11.6 Å². The molecule has 1 fully saturated rings. The molecule has 1 aliphatic carbocycles. The fourth-order valence-electron chi connectivity index (χ4n) is 2.16. The topological polar surface area (TPSA) is 67.5 Å². The van der Waals surface area contributed by atoms with Crippen LogP contribution in [0.2, 0.25) is 5.15 Å². The largest absolute Gasteiger partial charge is 0.478 e. The fourth-order valence-corrected chi connectivity index (χ4v) is 2.34. The van der Waals surface area contributed by atoms with Crippen molar-refractivity contribution in [2.45, 2.75) is 25.2 Å². The van der Waals surface area contributed by atoms with E-state index in [0.29, 0.717) is 10.8 Å². The summed E-state index contributed by atoms with van der Waals surface area (Å²) in [5, 5.41) is 13.6. The molecule has 2 aromatic heterocycles. The highest BCUT2D eigenvalue weighted by Gasteiger charge is 2.28. The summed E-state index contributed by atoms with van der Waals surface area (Å²) in [6.07, 6.45) is 4.51. The van der Waals surface area contributed by atoms with Crippen LogP contribution >= 0.6 is 11.6 Å². The van der Waals surface area contributed by atoms with Crippen molar-refractivity contribution in [2.24, 2.45) is 0 Å². The molecule has 5 nitrogen and oxygen atoms in total. The number of carboxylic acids is 1. The Morgan fingerprint density at radius 1 is 1.53 bits per heavy atom. The van der Waals surface area contributed by atoms with Gasteiger partial charge in [0.05, 0.1) is 11.3 Å². The number of rotatable bonds is 2. The van der Waals surface area contributed by atoms with Gasteiger partial charge in [-0.1, -0.05) is 18.0 Å². The molecule has 0 radical (unpaired) electrons. The van der Waals surface area contributed by atoms with Crippen LogP contribution in [-0.2, 0) is 0 Å². The van der Waals surface area contributed by atoms with Crippen LogP contribution in [-0.4, -0.2) is 25.7 Å². The molecule has 0 spiro atoms. The van der Waals surface area contributed by atoms with Crippen molar-refractivity contribution in [3.8, 4) is 0 Å². The first kappa shape index (κ1) is 10.5. The molecule has 6 heteroatoms.